The molecule has 0 saturated carbocycles. The van der Waals surface area contributed by atoms with Crippen LogP contribution in [0.5, 0.6) is 5.75 Å². The van der Waals surface area contributed by atoms with Crippen LogP contribution >= 0.6 is 0 Å². The minimum absolute atomic E-state index is 0.0677. The number of sulfonamides is 1. The fourth-order valence-corrected chi connectivity index (χ4v) is 3.42. The Morgan fingerprint density at radius 3 is 2.60 bits per heavy atom. The number of benzene rings is 2. The molecule has 2 aromatic carbocycles. The summed E-state index contributed by atoms with van der Waals surface area (Å²) in [6, 6.07) is 13.5. The first kappa shape index (κ1) is 21.2. The molecule has 0 aliphatic carbocycles. The predicted octanol–water partition coefficient (Wildman–Crippen LogP) is 1.87. The van der Waals surface area contributed by atoms with Crippen LogP contribution in [0.15, 0.2) is 54.9 Å². The highest BCUT2D eigenvalue weighted by molar-refractivity contribution is 7.92. The lowest BCUT2D eigenvalue weighted by Crippen LogP contribution is -2.28. The van der Waals surface area contributed by atoms with Gasteiger partial charge in [-0.2, -0.15) is 0 Å². The van der Waals surface area contributed by atoms with Gasteiger partial charge in [-0.15, -0.1) is 5.10 Å². The van der Waals surface area contributed by atoms with Crippen LogP contribution in [0.2, 0.25) is 0 Å². The van der Waals surface area contributed by atoms with Crippen LogP contribution in [0.4, 0.5) is 11.4 Å². The van der Waals surface area contributed by atoms with Crippen molar-refractivity contribution in [2.45, 2.75) is 19.4 Å². The Hall–Kier alpha value is -3.47. The third kappa shape index (κ3) is 5.32. The lowest BCUT2D eigenvalue weighted by Gasteiger charge is -2.17. The minimum atomic E-state index is -3.46. The first-order valence-electron chi connectivity index (χ1n) is 9.17. The van der Waals surface area contributed by atoms with Crippen LogP contribution in [0, 0.1) is 0 Å². The van der Waals surface area contributed by atoms with Gasteiger partial charge in [0.2, 0.25) is 15.9 Å². The molecule has 1 amide bonds. The van der Waals surface area contributed by atoms with Gasteiger partial charge in [0.05, 0.1) is 18.6 Å². The van der Waals surface area contributed by atoms with Gasteiger partial charge in [-0.05, 0) is 35.0 Å². The molecule has 0 radical (unpaired) electrons. The second-order valence-corrected chi connectivity index (χ2v) is 8.42. The third-order valence-electron chi connectivity index (χ3n) is 4.37. The molecule has 0 saturated heterocycles. The molecule has 1 heterocycles. The number of rotatable bonds is 9. The van der Waals surface area contributed by atoms with E-state index in [9.17, 15) is 13.2 Å². The second-order valence-electron chi connectivity index (χ2n) is 6.41. The molecule has 3 rings (SSSR count). The summed E-state index contributed by atoms with van der Waals surface area (Å²) in [6.07, 6.45) is 1.78. The smallest absolute Gasteiger partial charge is 0.249 e. The zero-order valence-corrected chi connectivity index (χ0v) is 17.3. The van der Waals surface area contributed by atoms with E-state index in [1.807, 2.05) is 30.3 Å². The van der Waals surface area contributed by atoms with Crippen LogP contribution in [0.3, 0.4) is 0 Å². The number of nitrogens with zero attached hydrogens (tertiary/aromatic N) is 4. The van der Waals surface area contributed by atoms with E-state index >= 15 is 0 Å². The standard InChI is InChI=1S/C19H22N6O4S/c1-3-30(27,28)22-16-10-9-15(12-18(16)29-2)21-19(26)17(25-13-20-23-24-25)11-14-7-5-4-6-8-14/h4-10,12-13,17,22H,3,11H2,1-2H3,(H,21,26). The molecule has 11 heteroatoms. The van der Waals surface area contributed by atoms with Crippen molar-refractivity contribution in [2.75, 3.05) is 22.9 Å². The molecule has 0 aliphatic rings. The Morgan fingerprint density at radius 1 is 1.20 bits per heavy atom. The molecular weight excluding hydrogens is 408 g/mol. The van der Waals surface area contributed by atoms with E-state index in [4.69, 9.17) is 4.74 Å². The molecule has 2 N–H and O–H groups in total. The average Bonchev–Trinajstić information content (AvgIpc) is 3.28. The highest BCUT2D eigenvalue weighted by atomic mass is 32.2. The van der Waals surface area contributed by atoms with Crippen molar-refractivity contribution < 1.29 is 17.9 Å². The van der Waals surface area contributed by atoms with E-state index in [0.717, 1.165) is 5.56 Å². The maximum atomic E-state index is 13.0. The fourth-order valence-electron chi connectivity index (χ4n) is 2.77. The van der Waals surface area contributed by atoms with E-state index in [0.29, 0.717) is 17.8 Å². The minimum Gasteiger partial charge on any atom is -0.494 e. The number of ether oxygens (including phenoxy) is 1. The van der Waals surface area contributed by atoms with Crippen molar-refractivity contribution in [3.05, 3.63) is 60.4 Å². The van der Waals surface area contributed by atoms with Gasteiger partial charge >= 0.3 is 0 Å². The lowest BCUT2D eigenvalue weighted by atomic mass is 10.1. The van der Waals surface area contributed by atoms with E-state index in [-0.39, 0.29) is 17.4 Å². The normalized spacial score (nSPS) is 12.2. The topological polar surface area (TPSA) is 128 Å². The summed E-state index contributed by atoms with van der Waals surface area (Å²) in [5, 5.41) is 13.9. The van der Waals surface area contributed by atoms with E-state index in [1.165, 1.54) is 31.1 Å². The summed E-state index contributed by atoms with van der Waals surface area (Å²) < 4.78 is 32.8. The van der Waals surface area contributed by atoms with Crippen LogP contribution in [0.1, 0.15) is 18.5 Å². The Kier molecular flexibility index (Phi) is 6.62. The third-order valence-corrected chi connectivity index (χ3v) is 5.66. The SMILES string of the molecule is CCS(=O)(=O)Nc1ccc(NC(=O)C(Cc2ccccc2)n2cnnn2)cc1OC. The van der Waals surface area contributed by atoms with Crippen LogP contribution in [-0.4, -0.2) is 47.4 Å². The Morgan fingerprint density at radius 2 is 1.97 bits per heavy atom. The van der Waals surface area contributed by atoms with Crippen molar-refractivity contribution in [1.29, 1.82) is 0 Å². The number of tetrazole rings is 1. The van der Waals surface area contributed by atoms with Gasteiger partial charge in [-0.1, -0.05) is 30.3 Å². The lowest BCUT2D eigenvalue weighted by molar-refractivity contribution is -0.119. The summed E-state index contributed by atoms with van der Waals surface area (Å²) in [5.41, 5.74) is 1.69. The number of anilines is 2. The number of carbonyl (C=O) groups is 1. The Balaban J connectivity index is 1.81. The molecule has 30 heavy (non-hydrogen) atoms. The molecule has 0 fully saturated rings. The van der Waals surface area contributed by atoms with Crippen LogP contribution in [0.25, 0.3) is 0 Å². The number of aromatic nitrogens is 4. The monoisotopic (exact) mass is 430 g/mol. The Labute approximate surface area is 174 Å². The van der Waals surface area contributed by atoms with Gasteiger partial charge in [-0.25, -0.2) is 13.1 Å². The number of nitrogens with one attached hydrogen (secondary N) is 2. The molecule has 3 aromatic rings. The van der Waals surface area contributed by atoms with E-state index < -0.39 is 16.1 Å². The second kappa shape index (κ2) is 9.35. The maximum absolute atomic E-state index is 13.0. The number of carbonyl (C=O) groups excluding carboxylic acids is 1. The number of hydrogen-bond donors (Lipinski definition) is 2. The first-order chi connectivity index (χ1) is 14.4. The van der Waals surface area contributed by atoms with Crippen LogP contribution < -0.4 is 14.8 Å². The highest BCUT2D eigenvalue weighted by Gasteiger charge is 2.23. The summed E-state index contributed by atoms with van der Waals surface area (Å²) in [6.45, 7) is 1.54. The van der Waals surface area contributed by atoms with E-state index in [1.54, 1.807) is 12.1 Å². The molecule has 1 unspecified atom stereocenters. The van der Waals surface area contributed by atoms with Gasteiger partial charge in [0.1, 0.15) is 18.1 Å². The van der Waals surface area contributed by atoms with Crippen molar-refractivity contribution in [3.63, 3.8) is 0 Å². The fraction of sp³-hybridized carbons (Fsp3) is 0.263. The Bertz CT molecular complexity index is 1090. The molecule has 0 bridgehead atoms. The molecule has 10 nitrogen and oxygen atoms in total. The van der Waals surface area contributed by atoms with Crippen molar-refractivity contribution in [1.82, 2.24) is 20.2 Å². The predicted molar refractivity (Wildman–Crippen MR) is 112 cm³/mol. The quantitative estimate of drug-likeness (QED) is 0.530. The van der Waals surface area contributed by atoms with Gasteiger partial charge in [0.25, 0.3) is 0 Å². The van der Waals surface area contributed by atoms with Gasteiger partial charge in [0.15, 0.2) is 0 Å². The number of hydrogen-bond acceptors (Lipinski definition) is 7. The van der Waals surface area contributed by atoms with Crippen molar-refractivity contribution >= 4 is 27.3 Å². The zero-order chi connectivity index (χ0) is 21.6. The molecule has 1 atom stereocenters. The van der Waals surface area contributed by atoms with Gasteiger partial charge < -0.3 is 10.1 Å². The largest absolute Gasteiger partial charge is 0.494 e. The molecule has 158 valence electrons. The average molecular weight is 430 g/mol. The van der Waals surface area contributed by atoms with Crippen molar-refractivity contribution in [2.24, 2.45) is 0 Å². The van der Waals surface area contributed by atoms with E-state index in [2.05, 4.69) is 25.6 Å². The highest BCUT2D eigenvalue weighted by Crippen LogP contribution is 2.29. The molecule has 0 spiro atoms. The zero-order valence-electron chi connectivity index (χ0n) is 16.5. The summed E-state index contributed by atoms with van der Waals surface area (Å²) in [5.74, 6) is -0.108. The molecule has 0 aliphatic heterocycles. The number of amides is 1. The van der Waals surface area contributed by atoms with Gasteiger partial charge in [-0.3, -0.25) is 9.52 Å². The summed E-state index contributed by atoms with van der Waals surface area (Å²) in [7, 11) is -2.04. The first-order valence-corrected chi connectivity index (χ1v) is 10.8. The summed E-state index contributed by atoms with van der Waals surface area (Å²) in [4.78, 5) is 13.0. The molecular formula is C19H22N6O4S. The molecule has 1 aromatic heterocycles. The van der Waals surface area contributed by atoms with Crippen molar-refractivity contribution in [3.8, 4) is 5.75 Å². The van der Waals surface area contributed by atoms with Gasteiger partial charge in [0, 0.05) is 18.2 Å². The maximum Gasteiger partial charge on any atom is 0.249 e. The number of methoxy groups -OCH3 is 1. The van der Waals surface area contributed by atoms with Crippen LogP contribution in [-0.2, 0) is 21.2 Å². The summed E-state index contributed by atoms with van der Waals surface area (Å²) >= 11 is 0.